The number of hydrogen-bond donors (Lipinski definition) is 1. The standard InChI is InChI=1S/C36H42N2O4S/c1-4-6-8-22-37-23-9-27-43-34-18-14-32(15-19-34)38-36(39)21-13-31-28-30(12-20-35(31)40-3)29-10-16-33(17-11-29)42-26-25-41-24-7-5-2/h6,8-23,28H,4-5,7,24-27H2,1-3H3,(H,38,39)/b8-6+,21-13+,23-9+,37-22+. The number of hydrogen-bond acceptors (Lipinski definition) is 6. The van der Waals surface area contributed by atoms with Gasteiger partial charge in [-0.15, -0.1) is 11.8 Å². The van der Waals surface area contributed by atoms with Gasteiger partial charge in [-0.3, -0.25) is 9.79 Å². The van der Waals surface area contributed by atoms with E-state index < -0.39 is 0 Å². The van der Waals surface area contributed by atoms with Gasteiger partial charge in [0.1, 0.15) is 18.1 Å². The van der Waals surface area contributed by atoms with E-state index >= 15 is 0 Å². The van der Waals surface area contributed by atoms with Gasteiger partial charge in [0.15, 0.2) is 0 Å². The third-order valence-corrected chi connectivity index (χ3v) is 7.14. The maximum Gasteiger partial charge on any atom is 0.248 e. The zero-order valence-electron chi connectivity index (χ0n) is 25.3. The zero-order chi connectivity index (χ0) is 30.5. The monoisotopic (exact) mass is 598 g/mol. The molecular weight excluding hydrogens is 556 g/mol. The second-order valence-corrected chi connectivity index (χ2v) is 10.6. The van der Waals surface area contributed by atoms with Crippen LogP contribution in [0.1, 0.15) is 38.7 Å². The van der Waals surface area contributed by atoms with Crippen LogP contribution in [-0.2, 0) is 9.53 Å². The summed E-state index contributed by atoms with van der Waals surface area (Å²) in [6.45, 7) is 6.12. The van der Waals surface area contributed by atoms with Crippen LogP contribution in [0.4, 0.5) is 5.69 Å². The van der Waals surface area contributed by atoms with E-state index in [1.807, 2.05) is 78.9 Å². The van der Waals surface area contributed by atoms with Gasteiger partial charge >= 0.3 is 0 Å². The van der Waals surface area contributed by atoms with Gasteiger partial charge < -0.3 is 19.5 Å². The van der Waals surface area contributed by atoms with Crippen molar-refractivity contribution in [1.29, 1.82) is 0 Å². The highest BCUT2D eigenvalue weighted by Crippen LogP contribution is 2.29. The average Bonchev–Trinajstić information content (AvgIpc) is 3.04. The molecule has 3 aromatic carbocycles. The van der Waals surface area contributed by atoms with Crippen molar-refractivity contribution < 1.29 is 19.0 Å². The van der Waals surface area contributed by atoms with Gasteiger partial charge in [0.25, 0.3) is 0 Å². The van der Waals surface area contributed by atoms with E-state index in [2.05, 4.69) is 30.2 Å². The maximum absolute atomic E-state index is 12.7. The number of nitrogens with one attached hydrogen (secondary N) is 1. The molecule has 0 aliphatic rings. The largest absolute Gasteiger partial charge is 0.496 e. The highest BCUT2D eigenvalue weighted by molar-refractivity contribution is 7.99. The summed E-state index contributed by atoms with van der Waals surface area (Å²) < 4.78 is 16.9. The van der Waals surface area contributed by atoms with Gasteiger partial charge in [-0.2, -0.15) is 0 Å². The molecule has 1 N–H and O–H groups in total. The highest BCUT2D eigenvalue weighted by atomic mass is 32.2. The van der Waals surface area contributed by atoms with Crippen LogP contribution in [0.3, 0.4) is 0 Å². The fourth-order valence-electron chi connectivity index (χ4n) is 3.88. The Hall–Kier alpha value is -4.07. The van der Waals surface area contributed by atoms with Crippen LogP contribution in [0.2, 0.25) is 0 Å². The molecule has 3 aromatic rings. The van der Waals surface area contributed by atoms with Crippen molar-refractivity contribution in [3.05, 3.63) is 103 Å². The van der Waals surface area contributed by atoms with E-state index in [1.54, 1.807) is 37.4 Å². The second kappa shape index (κ2) is 19.9. The van der Waals surface area contributed by atoms with E-state index in [1.165, 1.54) is 6.08 Å². The first-order valence-corrected chi connectivity index (χ1v) is 15.7. The first-order chi connectivity index (χ1) is 21.1. The molecule has 0 spiro atoms. The lowest BCUT2D eigenvalue weighted by atomic mass is 10.0. The van der Waals surface area contributed by atoms with Gasteiger partial charge in [0, 0.05) is 47.0 Å². The quantitative estimate of drug-likeness (QED) is 0.0686. The molecule has 7 heteroatoms. The summed E-state index contributed by atoms with van der Waals surface area (Å²) in [7, 11) is 1.62. The van der Waals surface area contributed by atoms with E-state index in [-0.39, 0.29) is 5.91 Å². The van der Waals surface area contributed by atoms with Crippen molar-refractivity contribution in [3.8, 4) is 22.6 Å². The van der Waals surface area contributed by atoms with Gasteiger partial charge in [0.05, 0.1) is 13.7 Å². The normalized spacial score (nSPS) is 11.7. The second-order valence-electron chi connectivity index (χ2n) is 9.47. The summed E-state index contributed by atoms with van der Waals surface area (Å²) in [5.74, 6) is 2.09. The Bertz CT molecular complexity index is 1360. The van der Waals surface area contributed by atoms with Crippen molar-refractivity contribution >= 4 is 35.6 Å². The zero-order valence-corrected chi connectivity index (χ0v) is 26.1. The summed E-state index contributed by atoms with van der Waals surface area (Å²) in [6.07, 6.45) is 16.1. The number of anilines is 1. The molecule has 3 rings (SSSR count). The van der Waals surface area contributed by atoms with Gasteiger partial charge in [-0.05, 0) is 84.7 Å². The van der Waals surface area contributed by atoms with Crippen LogP contribution >= 0.6 is 11.8 Å². The number of nitrogens with zero attached hydrogens (tertiary/aromatic N) is 1. The summed E-state index contributed by atoms with van der Waals surface area (Å²) in [5.41, 5.74) is 3.60. The van der Waals surface area contributed by atoms with Gasteiger partial charge in [-0.25, -0.2) is 0 Å². The molecule has 0 aliphatic carbocycles. The van der Waals surface area contributed by atoms with Crippen LogP contribution in [0.15, 0.2) is 107 Å². The van der Waals surface area contributed by atoms with Crippen LogP contribution in [0.5, 0.6) is 11.5 Å². The first kappa shape index (κ1) is 33.4. The van der Waals surface area contributed by atoms with Crippen molar-refractivity contribution in [2.24, 2.45) is 4.99 Å². The van der Waals surface area contributed by atoms with E-state index in [4.69, 9.17) is 14.2 Å². The third kappa shape index (κ3) is 12.8. The minimum absolute atomic E-state index is 0.217. The number of ether oxygens (including phenoxy) is 3. The number of rotatable bonds is 18. The molecule has 0 atom stereocenters. The molecule has 1 amide bonds. The summed E-state index contributed by atoms with van der Waals surface area (Å²) in [4.78, 5) is 18.0. The number of carbonyl (C=O) groups excluding carboxylic acids is 1. The molecule has 226 valence electrons. The number of aliphatic imine (C=N–C) groups is 1. The predicted octanol–water partition coefficient (Wildman–Crippen LogP) is 8.85. The van der Waals surface area contributed by atoms with Crippen LogP contribution in [0, 0.1) is 0 Å². The number of methoxy groups -OCH3 is 1. The smallest absolute Gasteiger partial charge is 0.248 e. The lowest BCUT2D eigenvalue weighted by Crippen LogP contribution is -2.07. The maximum atomic E-state index is 12.7. The number of carbonyl (C=O) groups is 1. The lowest BCUT2D eigenvalue weighted by molar-refractivity contribution is -0.111. The SMILES string of the molecule is CC/C=C/C=N/C=C/CSc1ccc(NC(=O)/C=C/c2cc(-c3ccc(OCCOCCCC)cc3)ccc2OC)cc1. The summed E-state index contributed by atoms with van der Waals surface area (Å²) in [6, 6.07) is 21.7. The minimum atomic E-state index is -0.217. The Balaban J connectivity index is 1.52. The van der Waals surface area contributed by atoms with Crippen molar-refractivity contribution in [3.63, 3.8) is 0 Å². The van der Waals surface area contributed by atoms with Gasteiger partial charge in [0.2, 0.25) is 5.91 Å². The molecule has 0 saturated carbocycles. The Labute approximate surface area is 260 Å². The number of benzene rings is 3. The third-order valence-electron chi connectivity index (χ3n) is 6.17. The van der Waals surface area contributed by atoms with Gasteiger partial charge in [-0.1, -0.05) is 50.6 Å². The van der Waals surface area contributed by atoms with E-state index in [0.29, 0.717) is 19.0 Å². The number of allylic oxidation sites excluding steroid dienone is 2. The molecule has 0 bridgehead atoms. The van der Waals surface area contributed by atoms with Crippen LogP contribution in [-0.4, -0.2) is 44.8 Å². The van der Waals surface area contributed by atoms with E-state index in [9.17, 15) is 4.79 Å². The molecule has 0 radical (unpaired) electrons. The van der Waals surface area contributed by atoms with Crippen molar-refractivity contribution in [2.75, 3.05) is 38.0 Å². The fraction of sp³-hybridized carbons (Fsp3) is 0.278. The molecule has 0 aromatic heterocycles. The highest BCUT2D eigenvalue weighted by Gasteiger charge is 2.06. The molecule has 0 aliphatic heterocycles. The Morgan fingerprint density at radius 2 is 1.72 bits per heavy atom. The Morgan fingerprint density at radius 3 is 2.47 bits per heavy atom. The minimum Gasteiger partial charge on any atom is -0.496 e. The Kier molecular flexibility index (Phi) is 15.5. The molecule has 0 heterocycles. The summed E-state index contributed by atoms with van der Waals surface area (Å²) >= 11 is 1.70. The number of unbranched alkanes of at least 4 members (excludes halogenated alkanes) is 1. The average molecular weight is 599 g/mol. The summed E-state index contributed by atoms with van der Waals surface area (Å²) in [5, 5.41) is 2.92. The molecule has 6 nitrogen and oxygen atoms in total. The molecule has 0 unspecified atom stereocenters. The number of thioether (sulfide) groups is 1. The van der Waals surface area contributed by atoms with Crippen LogP contribution < -0.4 is 14.8 Å². The first-order valence-electron chi connectivity index (χ1n) is 14.7. The van der Waals surface area contributed by atoms with Crippen molar-refractivity contribution in [1.82, 2.24) is 0 Å². The number of amides is 1. The molecule has 0 saturated heterocycles. The van der Waals surface area contributed by atoms with E-state index in [0.717, 1.165) is 64.6 Å². The van der Waals surface area contributed by atoms with Crippen molar-refractivity contribution in [2.45, 2.75) is 38.0 Å². The fourth-order valence-corrected chi connectivity index (χ4v) is 4.59. The van der Waals surface area contributed by atoms with Crippen LogP contribution in [0.25, 0.3) is 17.2 Å². The topological polar surface area (TPSA) is 69.2 Å². The molecular formula is C36H42N2O4S. The predicted molar refractivity (Wildman–Crippen MR) is 182 cm³/mol. The Morgan fingerprint density at radius 1 is 0.930 bits per heavy atom. The lowest BCUT2D eigenvalue weighted by Gasteiger charge is -2.10. The molecule has 0 fully saturated rings. The molecule has 43 heavy (non-hydrogen) atoms.